The summed E-state index contributed by atoms with van der Waals surface area (Å²) in [5.74, 6) is 0.967. The Morgan fingerprint density at radius 2 is 1.76 bits per heavy atom. The van der Waals surface area contributed by atoms with Crippen molar-refractivity contribution in [2.24, 2.45) is 0 Å². The van der Waals surface area contributed by atoms with Crippen LogP contribution < -0.4 is 10.1 Å². The number of aryl methyl sites for hydroxylation is 1. The molecule has 25 heavy (non-hydrogen) atoms. The highest BCUT2D eigenvalue weighted by Gasteiger charge is 2.10. The lowest BCUT2D eigenvalue weighted by Crippen LogP contribution is -2.20. The molecule has 3 aromatic carbocycles. The number of benzene rings is 3. The Bertz CT molecular complexity index is 899. The Labute approximate surface area is 148 Å². The van der Waals surface area contributed by atoms with Crippen LogP contribution >= 0.6 is 0 Å². The minimum absolute atomic E-state index is 0.00397. The second-order valence-electron chi connectivity index (χ2n) is 6.59. The van der Waals surface area contributed by atoms with Crippen LogP contribution in [0.15, 0.2) is 60.7 Å². The van der Waals surface area contributed by atoms with Gasteiger partial charge in [0.05, 0.1) is 0 Å². The van der Waals surface area contributed by atoms with Crippen molar-refractivity contribution >= 4 is 22.4 Å². The van der Waals surface area contributed by atoms with Crippen LogP contribution in [0.25, 0.3) is 10.8 Å². The number of ether oxygens (including phenoxy) is 1. The van der Waals surface area contributed by atoms with Gasteiger partial charge in [-0.2, -0.15) is 0 Å². The highest BCUT2D eigenvalue weighted by molar-refractivity contribution is 5.95. The summed E-state index contributed by atoms with van der Waals surface area (Å²) in [6.45, 7) is 6.25. The summed E-state index contributed by atoms with van der Waals surface area (Å²) in [6, 6.07) is 20.1. The van der Waals surface area contributed by atoms with Crippen LogP contribution in [0.4, 0.5) is 5.69 Å². The van der Waals surface area contributed by atoms with E-state index < -0.39 is 0 Å². The summed E-state index contributed by atoms with van der Waals surface area (Å²) >= 11 is 0. The van der Waals surface area contributed by atoms with Gasteiger partial charge in [-0.05, 0) is 52.9 Å². The van der Waals surface area contributed by atoms with Gasteiger partial charge in [0.2, 0.25) is 0 Å². The maximum atomic E-state index is 12.3. The summed E-state index contributed by atoms with van der Waals surface area (Å²) in [6.07, 6.45) is 0. The van der Waals surface area contributed by atoms with E-state index in [1.807, 2.05) is 49.4 Å². The molecular weight excluding hydrogens is 310 g/mol. The maximum Gasteiger partial charge on any atom is 0.262 e. The van der Waals surface area contributed by atoms with Crippen LogP contribution in [0.1, 0.15) is 30.9 Å². The third kappa shape index (κ3) is 4.18. The molecule has 0 saturated carbocycles. The zero-order valence-corrected chi connectivity index (χ0v) is 14.9. The van der Waals surface area contributed by atoms with Crippen molar-refractivity contribution in [3.05, 3.63) is 71.8 Å². The van der Waals surface area contributed by atoms with Crippen molar-refractivity contribution in [1.82, 2.24) is 0 Å². The number of anilines is 1. The zero-order chi connectivity index (χ0) is 17.8. The fourth-order valence-electron chi connectivity index (χ4n) is 2.85. The summed E-state index contributed by atoms with van der Waals surface area (Å²) in [5, 5.41) is 5.15. The molecule has 0 atom stereocenters. The van der Waals surface area contributed by atoms with Crippen molar-refractivity contribution < 1.29 is 9.53 Å². The molecule has 1 amide bonds. The number of hydrogen-bond acceptors (Lipinski definition) is 2. The Morgan fingerprint density at radius 3 is 2.52 bits per heavy atom. The molecule has 3 heteroatoms. The van der Waals surface area contributed by atoms with E-state index in [0.29, 0.717) is 5.92 Å². The minimum Gasteiger partial charge on any atom is -0.483 e. The van der Waals surface area contributed by atoms with E-state index in [-0.39, 0.29) is 12.5 Å². The fourth-order valence-corrected chi connectivity index (χ4v) is 2.85. The fraction of sp³-hybridized carbons (Fsp3) is 0.227. The Hall–Kier alpha value is -2.81. The SMILES string of the molecule is Cc1ccc(C(C)C)c(OCC(=O)Nc2ccc3ccccc3c2)c1. The van der Waals surface area contributed by atoms with E-state index in [4.69, 9.17) is 4.74 Å². The number of carbonyl (C=O) groups is 1. The van der Waals surface area contributed by atoms with Gasteiger partial charge < -0.3 is 10.1 Å². The van der Waals surface area contributed by atoms with Gasteiger partial charge in [0.1, 0.15) is 5.75 Å². The van der Waals surface area contributed by atoms with Crippen LogP contribution in [-0.2, 0) is 4.79 Å². The quantitative estimate of drug-likeness (QED) is 0.689. The molecule has 0 bridgehead atoms. The summed E-state index contributed by atoms with van der Waals surface area (Å²) in [4.78, 5) is 12.3. The minimum atomic E-state index is -0.161. The van der Waals surface area contributed by atoms with Gasteiger partial charge in [0.25, 0.3) is 5.91 Å². The van der Waals surface area contributed by atoms with Gasteiger partial charge in [0.15, 0.2) is 6.61 Å². The van der Waals surface area contributed by atoms with Gasteiger partial charge in [-0.3, -0.25) is 4.79 Å². The number of nitrogens with one attached hydrogen (secondary N) is 1. The molecule has 0 aliphatic rings. The number of rotatable bonds is 5. The molecule has 0 radical (unpaired) electrons. The van der Waals surface area contributed by atoms with E-state index >= 15 is 0 Å². The smallest absolute Gasteiger partial charge is 0.262 e. The Morgan fingerprint density at radius 1 is 1.00 bits per heavy atom. The molecule has 3 nitrogen and oxygen atoms in total. The van der Waals surface area contributed by atoms with E-state index in [9.17, 15) is 4.79 Å². The molecule has 0 aliphatic heterocycles. The van der Waals surface area contributed by atoms with Crippen LogP contribution in [0.2, 0.25) is 0 Å². The molecule has 3 rings (SSSR count). The van der Waals surface area contributed by atoms with Gasteiger partial charge in [-0.1, -0.05) is 56.3 Å². The molecule has 3 aromatic rings. The van der Waals surface area contributed by atoms with Gasteiger partial charge in [0, 0.05) is 5.69 Å². The largest absolute Gasteiger partial charge is 0.483 e. The summed E-state index contributed by atoms with van der Waals surface area (Å²) in [7, 11) is 0. The zero-order valence-electron chi connectivity index (χ0n) is 14.9. The predicted octanol–water partition coefficient (Wildman–Crippen LogP) is 5.29. The normalized spacial score (nSPS) is 10.9. The average molecular weight is 333 g/mol. The van der Waals surface area contributed by atoms with E-state index in [0.717, 1.165) is 33.3 Å². The second kappa shape index (κ2) is 7.39. The molecule has 0 aromatic heterocycles. The van der Waals surface area contributed by atoms with Crippen molar-refractivity contribution in [2.45, 2.75) is 26.7 Å². The van der Waals surface area contributed by atoms with Crippen LogP contribution in [0.5, 0.6) is 5.75 Å². The van der Waals surface area contributed by atoms with Gasteiger partial charge >= 0.3 is 0 Å². The standard InChI is InChI=1S/C22H23NO2/c1-15(2)20-11-8-16(3)12-21(20)25-14-22(24)23-19-10-9-17-6-4-5-7-18(17)13-19/h4-13,15H,14H2,1-3H3,(H,23,24). The lowest BCUT2D eigenvalue weighted by Gasteiger charge is -2.15. The third-order valence-corrected chi connectivity index (χ3v) is 4.18. The maximum absolute atomic E-state index is 12.3. The van der Waals surface area contributed by atoms with E-state index in [1.165, 1.54) is 0 Å². The summed E-state index contributed by atoms with van der Waals surface area (Å²) in [5.41, 5.74) is 3.01. The van der Waals surface area contributed by atoms with Crippen molar-refractivity contribution in [1.29, 1.82) is 0 Å². The second-order valence-corrected chi connectivity index (χ2v) is 6.59. The van der Waals surface area contributed by atoms with Crippen molar-refractivity contribution in [3.8, 4) is 5.75 Å². The number of hydrogen-bond donors (Lipinski definition) is 1. The number of fused-ring (bicyclic) bond motifs is 1. The first-order valence-corrected chi connectivity index (χ1v) is 8.55. The molecule has 1 N–H and O–H groups in total. The molecule has 0 saturated heterocycles. The summed E-state index contributed by atoms with van der Waals surface area (Å²) < 4.78 is 5.79. The lowest BCUT2D eigenvalue weighted by atomic mass is 10.0. The van der Waals surface area contributed by atoms with Crippen LogP contribution in [0.3, 0.4) is 0 Å². The number of carbonyl (C=O) groups excluding carboxylic acids is 1. The number of amides is 1. The molecular formula is C22H23NO2. The topological polar surface area (TPSA) is 38.3 Å². The monoisotopic (exact) mass is 333 g/mol. The predicted molar refractivity (Wildman–Crippen MR) is 103 cm³/mol. The van der Waals surface area contributed by atoms with Crippen LogP contribution in [-0.4, -0.2) is 12.5 Å². The van der Waals surface area contributed by atoms with Gasteiger partial charge in [-0.15, -0.1) is 0 Å². The van der Waals surface area contributed by atoms with E-state index in [2.05, 4.69) is 37.4 Å². The lowest BCUT2D eigenvalue weighted by molar-refractivity contribution is -0.118. The molecule has 0 spiro atoms. The third-order valence-electron chi connectivity index (χ3n) is 4.18. The van der Waals surface area contributed by atoms with E-state index in [1.54, 1.807) is 0 Å². The highest BCUT2D eigenvalue weighted by atomic mass is 16.5. The Balaban J connectivity index is 1.67. The van der Waals surface area contributed by atoms with Gasteiger partial charge in [-0.25, -0.2) is 0 Å². The first kappa shape index (κ1) is 17.0. The molecule has 0 heterocycles. The first-order valence-electron chi connectivity index (χ1n) is 8.55. The molecule has 0 aliphatic carbocycles. The van der Waals surface area contributed by atoms with Crippen LogP contribution in [0, 0.1) is 6.92 Å². The van der Waals surface area contributed by atoms with Crippen molar-refractivity contribution in [3.63, 3.8) is 0 Å². The van der Waals surface area contributed by atoms with Crippen molar-refractivity contribution in [2.75, 3.05) is 11.9 Å². The Kier molecular flexibility index (Phi) is 5.03. The molecule has 0 unspecified atom stereocenters. The first-order chi connectivity index (χ1) is 12.0. The molecule has 128 valence electrons. The average Bonchev–Trinajstić information content (AvgIpc) is 2.59. The highest BCUT2D eigenvalue weighted by Crippen LogP contribution is 2.27. The molecule has 0 fully saturated rings.